The summed E-state index contributed by atoms with van der Waals surface area (Å²) in [5.74, 6) is 0.399. The van der Waals surface area contributed by atoms with Gasteiger partial charge in [0.2, 0.25) is 0 Å². The average Bonchev–Trinajstić information content (AvgIpc) is 2.88. The highest BCUT2D eigenvalue weighted by Crippen LogP contribution is 2.26. The lowest BCUT2D eigenvalue weighted by atomic mass is 9.88. The molecule has 0 spiro atoms. The van der Waals surface area contributed by atoms with E-state index in [1.54, 1.807) is 6.92 Å². The van der Waals surface area contributed by atoms with Crippen LogP contribution in [0.3, 0.4) is 0 Å². The van der Waals surface area contributed by atoms with Crippen molar-refractivity contribution in [2.45, 2.75) is 47.0 Å². The number of aryl methyl sites for hydroxylation is 1. The first-order chi connectivity index (χ1) is 10.8. The molecule has 6 nitrogen and oxygen atoms in total. The number of ether oxygens (including phenoxy) is 1. The van der Waals surface area contributed by atoms with Crippen LogP contribution < -0.4 is 5.32 Å². The van der Waals surface area contributed by atoms with E-state index in [9.17, 15) is 4.79 Å². The summed E-state index contributed by atoms with van der Waals surface area (Å²) in [6, 6.07) is 0. The summed E-state index contributed by atoms with van der Waals surface area (Å²) in [7, 11) is 0. The third-order valence-electron chi connectivity index (χ3n) is 3.78. The molecule has 0 unspecified atom stereocenters. The Kier molecular flexibility index (Phi) is 7.72. The van der Waals surface area contributed by atoms with Gasteiger partial charge in [-0.15, -0.1) is 0 Å². The van der Waals surface area contributed by atoms with E-state index >= 15 is 0 Å². The Bertz CT molecular complexity index is 488. The van der Waals surface area contributed by atoms with E-state index in [1.165, 1.54) is 0 Å². The van der Waals surface area contributed by atoms with Crippen LogP contribution in [0.4, 0.5) is 0 Å². The number of carbonyl (C=O) groups excluding carboxylic acids is 1. The second-order valence-corrected chi connectivity index (χ2v) is 6.61. The number of nitrogens with one attached hydrogen (secondary N) is 1. The molecule has 1 N–H and O–H groups in total. The number of nitrogens with zero attached hydrogens (tertiary/aromatic N) is 2. The molecule has 0 fully saturated rings. The van der Waals surface area contributed by atoms with E-state index in [4.69, 9.17) is 9.26 Å². The zero-order chi connectivity index (χ0) is 17.5. The third kappa shape index (κ3) is 5.95. The molecule has 1 rings (SSSR count). The molecule has 0 saturated carbocycles. The predicted molar refractivity (Wildman–Crippen MR) is 90.9 cm³/mol. The lowest BCUT2D eigenvalue weighted by Crippen LogP contribution is -2.31. The minimum absolute atomic E-state index is 0.152. The molecule has 1 heterocycles. The van der Waals surface area contributed by atoms with Crippen LogP contribution in [0.2, 0.25) is 0 Å². The second kappa shape index (κ2) is 9.03. The molecular weight excluding hydrogens is 294 g/mol. The van der Waals surface area contributed by atoms with Crippen LogP contribution in [0.15, 0.2) is 4.52 Å². The standard InChI is InChI=1S/C17H31N3O3/c1-7-20(8-2)10-12-22-11-9-18-16(21)14-13(3)23-19-15(14)17(4,5)6/h7-12H2,1-6H3,(H,18,21). The van der Waals surface area contributed by atoms with Crippen molar-refractivity contribution in [3.05, 3.63) is 17.0 Å². The van der Waals surface area contributed by atoms with Gasteiger partial charge in [-0.1, -0.05) is 39.8 Å². The minimum Gasteiger partial charge on any atom is -0.378 e. The van der Waals surface area contributed by atoms with E-state index in [0.717, 1.165) is 19.6 Å². The van der Waals surface area contributed by atoms with Crippen molar-refractivity contribution < 1.29 is 14.1 Å². The van der Waals surface area contributed by atoms with Gasteiger partial charge in [-0.05, 0) is 20.0 Å². The van der Waals surface area contributed by atoms with Crippen molar-refractivity contribution in [1.29, 1.82) is 0 Å². The number of rotatable bonds is 9. The van der Waals surface area contributed by atoms with Gasteiger partial charge in [0, 0.05) is 18.5 Å². The number of hydrogen-bond acceptors (Lipinski definition) is 5. The quantitative estimate of drug-likeness (QED) is 0.706. The molecule has 23 heavy (non-hydrogen) atoms. The summed E-state index contributed by atoms with van der Waals surface area (Å²) in [5.41, 5.74) is 1.00. The first-order valence-corrected chi connectivity index (χ1v) is 8.36. The second-order valence-electron chi connectivity index (χ2n) is 6.61. The highest BCUT2D eigenvalue weighted by molar-refractivity contribution is 5.96. The van der Waals surface area contributed by atoms with Crippen LogP contribution in [0.5, 0.6) is 0 Å². The summed E-state index contributed by atoms with van der Waals surface area (Å²) in [6.07, 6.45) is 0. The maximum Gasteiger partial charge on any atom is 0.256 e. The molecule has 1 aromatic rings. The van der Waals surface area contributed by atoms with Crippen LogP contribution in [-0.2, 0) is 10.2 Å². The third-order valence-corrected chi connectivity index (χ3v) is 3.78. The molecule has 1 amide bonds. The summed E-state index contributed by atoms with van der Waals surface area (Å²) >= 11 is 0. The maximum atomic E-state index is 12.4. The van der Waals surface area contributed by atoms with Crippen molar-refractivity contribution in [3.63, 3.8) is 0 Å². The number of hydrogen-bond donors (Lipinski definition) is 1. The molecule has 0 aliphatic rings. The van der Waals surface area contributed by atoms with Crippen molar-refractivity contribution in [2.24, 2.45) is 0 Å². The Morgan fingerprint density at radius 3 is 2.48 bits per heavy atom. The van der Waals surface area contributed by atoms with Crippen molar-refractivity contribution in [1.82, 2.24) is 15.4 Å². The molecule has 132 valence electrons. The molecule has 0 saturated heterocycles. The van der Waals surface area contributed by atoms with Gasteiger partial charge in [0.15, 0.2) is 0 Å². The van der Waals surface area contributed by atoms with E-state index in [0.29, 0.717) is 36.8 Å². The fraction of sp³-hybridized carbons (Fsp3) is 0.765. The molecule has 0 aromatic carbocycles. The SMILES string of the molecule is CCN(CC)CCOCCNC(=O)c1c(C(C)(C)C)noc1C. The van der Waals surface area contributed by atoms with Gasteiger partial charge in [0.05, 0.1) is 13.2 Å². The lowest BCUT2D eigenvalue weighted by Gasteiger charge is -2.18. The first-order valence-electron chi connectivity index (χ1n) is 8.36. The van der Waals surface area contributed by atoms with E-state index in [-0.39, 0.29) is 11.3 Å². The molecule has 0 aliphatic carbocycles. The van der Waals surface area contributed by atoms with Crippen LogP contribution in [0.25, 0.3) is 0 Å². The van der Waals surface area contributed by atoms with Gasteiger partial charge in [0.1, 0.15) is 17.0 Å². The van der Waals surface area contributed by atoms with Crippen LogP contribution in [-0.4, -0.2) is 55.4 Å². The smallest absolute Gasteiger partial charge is 0.256 e. The maximum absolute atomic E-state index is 12.4. The van der Waals surface area contributed by atoms with Crippen LogP contribution in [0, 0.1) is 6.92 Å². The highest BCUT2D eigenvalue weighted by Gasteiger charge is 2.28. The van der Waals surface area contributed by atoms with Crippen molar-refractivity contribution in [3.8, 4) is 0 Å². The summed E-state index contributed by atoms with van der Waals surface area (Å²) in [5, 5.41) is 6.91. The van der Waals surface area contributed by atoms with Gasteiger partial charge >= 0.3 is 0 Å². The Morgan fingerprint density at radius 1 is 1.26 bits per heavy atom. The number of likely N-dealkylation sites (N-methyl/N-ethyl adjacent to an activating group) is 1. The average molecular weight is 325 g/mol. The monoisotopic (exact) mass is 325 g/mol. The molecule has 0 radical (unpaired) electrons. The molecule has 1 aromatic heterocycles. The van der Waals surface area contributed by atoms with Gasteiger partial charge in [-0.25, -0.2) is 0 Å². The van der Waals surface area contributed by atoms with Gasteiger partial charge in [0.25, 0.3) is 5.91 Å². The Balaban J connectivity index is 2.40. The Labute approximate surface area is 139 Å². The predicted octanol–water partition coefficient (Wildman–Crippen LogP) is 2.37. The summed E-state index contributed by atoms with van der Waals surface area (Å²) < 4.78 is 10.8. The van der Waals surface area contributed by atoms with Gasteiger partial charge in [-0.2, -0.15) is 0 Å². The highest BCUT2D eigenvalue weighted by atomic mass is 16.5. The zero-order valence-corrected chi connectivity index (χ0v) is 15.4. The minimum atomic E-state index is -0.231. The number of amides is 1. The fourth-order valence-electron chi connectivity index (χ4n) is 2.31. The first kappa shape index (κ1) is 19.6. The lowest BCUT2D eigenvalue weighted by molar-refractivity contribution is 0.0881. The van der Waals surface area contributed by atoms with E-state index < -0.39 is 0 Å². The fourth-order valence-corrected chi connectivity index (χ4v) is 2.31. The number of carbonyl (C=O) groups is 1. The Hall–Kier alpha value is -1.40. The summed E-state index contributed by atoms with van der Waals surface area (Å²) in [4.78, 5) is 14.7. The van der Waals surface area contributed by atoms with E-state index in [1.807, 2.05) is 20.8 Å². The zero-order valence-electron chi connectivity index (χ0n) is 15.4. The summed E-state index contributed by atoms with van der Waals surface area (Å²) in [6.45, 7) is 16.7. The normalized spacial score (nSPS) is 12.0. The molecule has 0 aliphatic heterocycles. The molecule has 0 atom stereocenters. The number of aromatic nitrogens is 1. The molecule has 0 bridgehead atoms. The largest absolute Gasteiger partial charge is 0.378 e. The van der Waals surface area contributed by atoms with Gasteiger partial charge in [-0.3, -0.25) is 4.79 Å². The topological polar surface area (TPSA) is 67.6 Å². The van der Waals surface area contributed by atoms with Gasteiger partial charge < -0.3 is 19.5 Å². The van der Waals surface area contributed by atoms with Crippen molar-refractivity contribution >= 4 is 5.91 Å². The molecule has 6 heteroatoms. The van der Waals surface area contributed by atoms with Crippen LogP contribution in [0.1, 0.15) is 56.4 Å². The Morgan fingerprint density at radius 2 is 1.91 bits per heavy atom. The molecular formula is C17H31N3O3. The van der Waals surface area contributed by atoms with E-state index in [2.05, 4.69) is 29.2 Å². The van der Waals surface area contributed by atoms with Crippen molar-refractivity contribution in [2.75, 3.05) is 39.4 Å². The van der Waals surface area contributed by atoms with Crippen LogP contribution >= 0.6 is 0 Å².